The number of rotatable bonds is 9. The number of nitrogens with zero attached hydrogens (tertiary/aromatic N) is 3. The van der Waals surface area contributed by atoms with Gasteiger partial charge in [-0.1, -0.05) is 43.7 Å². The quantitative estimate of drug-likeness (QED) is 0.288. The summed E-state index contributed by atoms with van der Waals surface area (Å²) in [4.78, 5) is 41.8. The van der Waals surface area contributed by atoms with Crippen LogP contribution in [0.1, 0.15) is 25.3 Å². The van der Waals surface area contributed by atoms with Crippen LogP contribution in [-0.4, -0.2) is 21.2 Å². The molecule has 0 fully saturated rings. The lowest BCUT2D eigenvalue weighted by Gasteiger charge is -2.24. The lowest BCUT2D eigenvalue weighted by atomic mass is 10.2. The smallest absolute Gasteiger partial charge is 0.330 e. The van der Waals surface area contributed by atoms with E-state index < -0.39 is 17.2 Å². The zero-order valence-electron chi connectivity index (χ0n) is 17.7. The summed E-state index contributed by atoms with van der Waals surface area (Å²) < 4.78 is 1.95. The number of amides is 1. The van der Waals surface area contributed by atoms with E-state index in [0.717, 1.165) is 23.7 Å². The number of aromatic nitrogens is 3. The molecule has 0 spiro atoms. The van der Waals surface area contributed by atoms with Gasteiger partial charge in [0.2, 0.25) is 5.91 Å². The molecule has 2 aromatic heterocycles. The van der Waals surface area contributed by atoms with Gasteiger partial charge in [-0.05, 0) is 29.8 Å². The topological polar surface area (TPSA) is 128 Å². The number of hydrogen-bond acceptors (Lipinski definition) is 6. The van der Waals surface area contributed by atoms with Crippen molar-refractivity contribution >= 4 is 29.2 Å². The molecule has 0 saturated heterocycles. The molecule has 0 aliphatic rings. The molecule has 1 aromatic carbocycles. The number of nitrogens with two attached hydrogens (primary N) is 1. The molecule has 168 valence electrons. The Bertz CT molecular complexity index is 1190. The molecule has 32 heavy (non-hydrogen) atoms. The Balaban J connectivity index is 1.99. The second-order valence-corrected chi connectivity index (χ2v) is 8.11. The average Bonchev–Trinajstić information content (AvgIpc) is 2.78. The number of anilines is 2. The molecular weight excluding hydrogens is 430 g/mol. The molecule has 0 unspecified atom stereocenters. The van der Waals surface area contributed by atoms with Crippen LogP contribution in [0.4, 0.5) is 11.5 Å². The minimum absolute atomic E-state index is 0.0555. The number of unbranched alkanes of at least 4 members (excludes halogenated alkanes) is 1. The van der Waals surface area contributed by atoms with Gasteiger partial charge >= 0.3 is 5.69 Å². The number of pyridine rings is 1. The lowest BCUT2D eigenvalue weighted by molar-refractivity contribution is -0.645. The zero-order valence-corrected chi connectivity index (χ0v) is 18.5. The molecule has 0 bridgehead atoms. The molecule has 10 heteroatoms. The normalized spacial score (nSPS) is 10.8. The predicted molar refractivity (Wildman–Crippen MR) is 124 cm³/mol. The van der Waals surface area contributed by atoms with Gasteiger partial charge < -0.3 is 10.9 Å². The van der Waals surface area contributed by atoms with Crippen molar-refractivity contribution in [1.29, 1.82) is 0 Å². The van der Waals surface area contributed by atoms with E-state index in [1.54, 1.807) is 18.2 Å². The summed E-state index contributed by atoms with van der Waals surface area (Å²) in [5, 5.41) is 12.3. The van der Waals surface area contributed by atoms with E-state index in [4.69, 9.17) is 5.73 Å². The Morgan fingerprint density at radius 2 is 1.91 bits per heavy atom. The highest BCUT2D eigenvalue weighted by Crippen LogP contribution is 2.22. The predicted octanol–water partition coefficient (Wildman–Crippen LogP) is 1.88. The zero-order chi connectivity index (χ0) is 23.1. The fourth-order valence-corrected chi connectivity index (χ4v) is 3.96. The third-order valence-electron chi connectivity index (χ3n) is 4.84. The van der Waals surface area contributed by atoms with Crippen molar-refractivity contribution in [3.8, 4) is 0 Å². The molecule has 2 heterocycles. The van der Waals surface area contributed by atoms with Gasteiger partial charge in [-0.25, -0.2) is 4.79 Å². The van der Waals surface area contributed by atoms with Crippen LogP contribution in [0.3, 0.4) is 0 Å². The van der Waals surface area contributed by atoms with Crippen molar-refractivity contribution in [2.75, 3.05) is 16.4 Å². The van der Waals surface area contributed by atoms with Crippen molar-refractivity contribution in [3.05, 3.63) is 86.3 Å². The average molecular weight is 456 g/mol. The molecule has 3 aromatic rings. The largest absolute Gasteiger partial charge is 0.618 e. The van der Waals surface area contributed by atoms with Gasteiger partial charge in [-0.3, -0.25) is 24.0 Å². The fourth-order valence-electron chi connectivity index (χ4n) is 3.17. The van der Waals surface area contributed by atoms with Gasteiger partial charge in [-0.15, -0.1) is 0 Å². The number of carbonyl (C=O) groups is 1. The Morgan fingerprint density at radius 3 is 2.59 bits per heavy atom. The van der Waals surface area contributed by atoms with E-state index in [0.29, 0.717) is 22.7 Å². The molecule has 1 amide bonds. The van der Waals surface area contributed by atoms with E-state index in [-0.39, 0.29) is 23.8 Å². The summed E-state index contributed by atoms with van der Waals surface area (Å²) in [6.07, 6.45) is 2.87. The number of hydrogen-bond donors (Lipinski definition) is 2. The minimum atomic E-state index is -0.729. The van der Waals surface area contributed by atoms with Crippen molar-refractivity contribution < 1.29 is 9.52 Å². The van der Waals surface area contributed by atoms with Crippen LogP contribution in [0.25, 0.3) is 0 Å². The summed E-state index contributed by atoms with van der Waals surface area (Å²) in [6, 6.07) is 14.1. The monoisotopic (exact) mass is 455 g/mol. The van der Waals surface area contributed by atoms with Crippen molar-refractivity contribution in [2.45, 2.75) is 37.9 Å². The fraction of sp³-hybridized carbons (Fsp3) is 0.273. The number of H-pyrrole nitrogens is 1. The summed E-state index contributed by atoms with van der Waals surface area (Å²) in [6.45, 7) is 2.39. The highest BCUT2D eigenvalue weighted by atomic mass is 32.2. The van der Waals surface area contributed by atoms with Crippen LogP contribution in [0, 0.1) is 5.21 Å². The summed E-state index contributed by atoms with van der Waals surface area (Å²) in [7, 11) is 0. The maximum Gasteiger partial charge on any atom is 0.330 e. The SMILES string of the molecule is CCCCn1c(N)c(N(Cc2ccccc2)C(=O)CSc2cccc[n+]2[O-])c(=O)[nH]c1=O. The van der Waals surface area contributed by atoms with Crippen LogP contribution in [0.15, 0.2) is 69.3 Å². The van der Waals surface area contributed by atoms with Crippen LogP contribution in [0.5, 0.6) is 0 Å². The lowest BCUT2D eigenvalue weighted by Crippen LogP contribution is -2.41. The van der Waals surface area contributed by atoms with E-state index in [9.17, 15) is 19.6 Å². The first-order chi connectivity index (χ1) is 15.4. The third kappa shape index (κ3) is 5.38. The second kappa shape index (κ2) is 10.7. The number of nitrogens with one attached hydrogen (secondary N) is 1. The van der Waals surface area contributed by atoms with Crippen LogP contribution in [0.2, 0.25) is 0 Å². The standard InChI is InChI=1S/C22H25N5O4S/c1-2-3-12-25-20(23)19(21(29)24-22(25)30)26(14-16-9-5-4-6-10-16)17(28)15-32-18-11-7-8-13-27(18)31/h4-11,13H,2-3,12,14-15,23H2,1H3,(H,24,29,30). The summed E-state index contributed by atoms with van der Waals surface area (Å²) >= 11 is 1.06. The molecule has 9 nitrogen and oxygen atoms in total. The second-order valence-electron chi connectivity index (χ2n) is 7.12. The minimum Gasteiger partial charge on any atom is -0.618 e. The number of thioether (sulfide) groups is 1. The Kier molecular flexibility index (Phi) is 7.72. The first-order valence-corrected chi connectivity index (χ1v) is 11.2. The summed E-state index contributed by atoms with van der Waals surface area (Å²) in [5.74, 6) is -0.563. The number of benzene rings is 1. The van der Waals surface area contributed by atoms with E-state index >= 15 is 0 Å². The van der Waals surface area contributed by atoms with Gasteiger partial charge in [0.25, 0.3) is 10.6 Å². The van der Waals surface area contributed by atoms with E-state index in [2.05, 4.69) is 4.98 Å². The Morgan fingerprint density at radius 1 is 1.19 bits per heavy atom. The number of nitrogen functional groups attached to an aromatic ring is 1. The highest BCUT2D eigenvalue weighted by molar-refractivity contribution is 7.99. The first-order valence-electron chi connectivity index (χ1n) is 10.2. The molecule has 3 N–H and O–H groups in total. The maximum absolute atomic E-state index is 13.2. The summed E-state index contributed by atoms with van der Waals surface area (Å²) in [5.41, 5.74) is 5.62. The third-order valence-corrected chi connectivity index (χ3v) is 5.84. The van der Waals surface area contributed by atoms with Crippen molar-refractivity contribution in [2.24, 2.45) is 0 Å². The molecule has 0 aliphatic carbocycles. The van der Waals surface area contributed by atoms with Gasteiger partial charge in [0, 0.05) is 18.7 Å². The Labute approximate surface area is 189 Å². The van der Waals surface area contributed by atoms with Crippen LogP contribution in [-0.2, 0) is 17.9 Å². The van der Waals surface area contributed by atoms with Crippen LogP contribution < -0.4 is 26.6 Å². The molecular formula is C22H25N5O4S. The molecule has 0 atom stereocenters. The molecule has 0 aliphatic heterocycles. The molecule has 0 radical (unpaired) electrons. The van der Waals surface area contributed by atoms with Gasteiger partial charge in [0.15, 0.2) is 11.9 Å². The van der Waals surface area contributed by atoms with E-state index in [1.807, 2.05) is 37.3 Å². The van der Waals surface area contributed by atoms with Crippen LogP contribution >= 0.6 is 11.8 Å². The van der Waals surface area contributed by atoms with Gasteiger partial charge in [0.05, 0.1) is 12.3 Å². The Hall–Kier alpha value is -3.53. The molecule has 3 rings (SSSR count). The van der Waals surface area contributed by atoms with E-state index in [1.165, 1.54) is 15.7 Å². The van der Waals surface area contributed by atoms with Gasteiger partial charge in [0.1, 0.15) is 5.82 Å². The van der Waals surface area contributed by atoms with Crippen molar-refractivity contribution in [3.63, 3.8) is 0 Å². The highest BCUT2D eigenvalue weighted by Gasteiger charge is 2.25. The maximum atomic E-state index is 13.2. The first kappa shape index (κ1) is 23.1. The number of carbonyl (C=O) groups excluding carboxylic acids is 1. The van der Waals surface area contributed by atoms with Gasteiger partial charge in [-0.2, -0.15) is 4.73 Å². The molecule has 0 saturated carbocycles. The van der Waals surface area contributed by atoms with Crippen molar-refractivity contribution in [1.82, 2.24) is 9.55 Å². The number of aromatic amines is 1.